The third-order valence-electron chi connectivity index (χ3n) is 2.92. The second-order valence-corrected chi connectivity index (χ2v) is 3.98. The normalized spacial score (nSPS) is 20.7. The Kier molecular flexibility index (Phi) is 2.50. The quantitative estimate of drug-likeness (QED) is 0.746. The van der Waals surface area contributed by atoms with E-state index in [-0.39, 0.29) is 5.82 Å². The maximum atomic E-state index is 12.9. The summed E-state index contributed by atoms with van der Waals surface area (Å²) >= 11 is 0. The zero-order chi connectivity index (χ0) is 10.0. The Morgan fingerprint density at radius 1 is 1.21 bits per heavy atom. The molecule has 1 heterocycles. The van der Waals surface area contributed by atoms with E-state index >= 15 is 0 Å². The van der Waals surface area contributed by atoms with Gasteiger partial charge in [-0.1, -0.05) is 19.3 Å². The van der Waals surface area contributed by atoms with E-state index in [4.69, 9.17) is 0 Å². The molecule has 1 aromatic heterocycles. The van der Waals surface area contributed by atoms with Crippen LogP contribution in [0.15, 0.2) is 18.5 Å². The smallest absolute Gasteiger partial charge is 0.141 e. The highest BCUT2D eigenvalue weighted by Gasteiger charge is 2.31. The van der Waals surface area contributed by atoms with Gasteiger partial charge in [-0.25, -0.2) is 4.39 Å². The summed E-state index contributed by atoms with van der Waals surface area (Å²) in [5.74, 6) is -0.374. The lowest BCUT2D eigenvalue weighted by Gasteiger charge is -2.32. The summed E-state index contributed by atoms with van der Waals surface area (Å²) in [6.07, 6.45) is 7.34. The molecule has 1 aliphatic carbocycles. The fourth-order valence-electron chi connectivity index (χ4n) is 2.09. The predicted octanol–water partition coefficient (Wildman–Crippen LogP) is 2.37. The van der Waals surface area contributed by atoms with Gasteiger partial charge in [0.05, 0.1) is 11.8 Å². The summed E-state index contributed by atoms with van der Waals surface area (Å²) in [5.41, 5.74) is -0.218. The van der Waals surface area contributed by atoms with Gasteiger partial charge >= 0.3 is 0 Å². The number of aliphatic hydroxyl groups is 1. The van der Waals surface area contributed by atoms with Crippen LogP contribution in [0.3, 0.4) is 0 Å². The van der Waals surface area contributed by atoms with Crippen molar-refractivity contribution in [1.82, 2.24) is 4.98 Å². The molecule has 2 rings (SSSR count). The van der Waals surface area contributed by atoms with E-state index in [1.165, 1.54) is 6.07 Å². The van der Waals surface area contributed by atoms with Crippen LogP contribution in [-0.2, 0) is 5.60 Å². The van der Waals surface area contributed by atoms with Crippen LogP contribution >= 0.6 is 0 Å². The van der Waals surface area contributed by atoms with Crippen molar-refractivity contribution in [2.75, 3.05) is 0 Å². The van der Waals surface area contributed by atoms with Crippen LogP contribution in [0.2, 0.25) is 0 Å². The van der Waals surface area contributed by atoms with Gasteiger partial charge in [-0.15, -0.1) is 0 Å². The van der Waals surface area contributed by atoms with Gasteiger partial charge in [0.15, 0.2) is 0 Å². The first-order valence-electron chi connectivity index (χ1n) is 5.04. The number of nitrogens with zero attached hydrogens (tertiary/aromatic N) is 1. The Balaban J connectivity index is 2.28. The molecule has 1 N–H and O–H groups in total. The number of aromatic nitrogens is 1. The molecule has 0 bridgehead atoms. The lowest BCUT2D eigenvalue weighted by molar-refractivity contribution is -0.00120. The van der Waals surface area contributed by atoms with E-state index < -0.39 is 5.60 Å². The first-order chi connectivity index (χ1) is 6.71. The van der Waals surface area contributed by atoms with Crippen LogP contribution in [0.25, 0.3) is 0 Å². The fourth-order valence-corrected chi connectivity index (χ4v) is 2.09. The lowest BCUT2D eigenvalue weighted by Crippen LogP contribution is -2.28. The van der Waals surface area contributed by atoms with Gasteiger partial charge in [0.2, 0.25) is 0 Å². The summed E-state index contributed by atoms with van der Waals surface area (Å²) in [7, 11) is 0. The Bertz CT molecular complexity index is 321. The van der Waals surface area contributed by atoms with E-state index in [0.717, 1.165) is 38.3 Å². The molecular formula is C11H14FNO. The Hall–Kier alpha value is -0.960. The predicted molar refractivity (Wildman–Crippen MR) is 51.2 cm³/mol. The molecule has 0 spiro atoms. The molecule has 0 aromatic carbocycles. The summed E-state index contributed by atoms with van der Waals surface area (Å²) in [4.78, 5) is 3.77. The SMILES string of the molecule is OC1(c2cncc(F)c2)CCCCC1. The average molecular weight is 195 g/mol. The first-order valence-corrected chi connectivity index (χ1v) is 5.04. The topological polar surface area (TPSA) is 33.1 Å². The molecule has 0 aliphatic heterocycles. The highest BCUT2D eigenvalue weighted by atomic mass is 19.1. The minimum absolute atomic E-state index is 0.374. The number of hydrogen-bond acceptors (Lipinski definition) is 2. The zero-order valence-corrected chi connectivity index (χ0v) is 8.04. The van der Waals surface area contributed by atoms with E-state index in [9.17, 15) is 9.50 Å². The van der Waals surface area contributed by atoms with Crippen LogP contribution in [-0.4, -0.2) is 10.1 Å². The molecule has 0 amide bonds. The molecule has 1 fully saturated rings. The Morgan fingerprint density at radius 3 is 2.57 bits per heavy atom. The minimum Gasteiger partial charge on any atom is -0.385 e. The molecule has 0 radical (unpaired) electrons. The van der Waals surface area contributed by atoms with E-state index in [0.29, 0.717) is 5.56 Å². The van der Waals surface area contributed by atoms with Crippen molar-refractivity contribution in [3.05, 3.63) is 29.8 Å². The van der Waals surface area contributed by atoms with Crippen LogP contribution in [0.4, 0.5) is 4.39 Å². The zero-order valence-electron chi connectivity index (χ0n) is 8.04. The van der Waals surface area contributed by atoms with Crippen LogP contribution in [0.5, 0.6) is 0 Å². The second kappa shape index (κ2) is 3.65. The molecule has 1 aliphatic rings. The van der Waals surface area contributed by atoms with Gasteiger partial charge in [0.1, 0.15) is 5.82 Å². The van der Waals surface area contributed by atoms with E-state index in [1.807, 2.05) is 0 Å². The van der Waals surface area contributed by atoms with Crippen molar-refractivity contribution in [3.63, 3.8) is 0 Å². The molecule has 76 valence electrons. The molecule has 14 heavy (non-hydrogen) atoms. The second-order valence-electron chi connectivity index (χ2n) is 3.98. The molecule has 1 aromatic rings. The number of hydrogen-bond donors (Lipinski definition) is 1. The van der Waals surface area contributed by atoms with Gasteiger partial charge in [-0.3, -0.25) is 4.98 Å². The molecule has 0 unspecified atom stereocenters. The summed E-state index contributed by atoms with van der Waals surface area (Å²) in [6.45, 7) is 0. The molecular weight excluding hydrogens is 181 g/mol. The maximum absolute atomic E-state index is 12.9. The van der Waals surface area contributed by atoms with Crippen molar-refractivity contribution < 1.29 is 9.50 Å². The minimum atomic E-state index is -0.840. The van der Waals surface area contributed by atoms with Gasteiger partial charge in [-0.05, 0) is 18.9 Å². The van der Waals surface area contributed by atoms with Crippen LogP contribution in [0.1, 0.15) is 37.7 Å². The van der Waals surface area contributed by atoms with Crippen LogP contribution < -0.4 is 0 Å². The maximum Gasteiger partial charge on any atom is 0.141 e. The number of pyridine rings is 1. The van der Waals surface area contributed by atoms with Gasteiger partial charge in [0, 0.05) is 11.8 Å². The van der Waals surface area contributed by atoms with Crippen molar-refractivity contribution in [2.45, 2.75) is 37.7 Å². The van der Waals surface area contributed by atoms with Gasteiger partial charge in [0.25, 0.3) is 0 Å². The van der Waals surface area contributed by atoms with Crippen molar-refractivity contribution >= 4 is 0 Å². The Morgan fingerprint density at radius 2 is 1.93 bits per heavy atom. The van der Waals surface area contributed by atoms with Gasteiger partial charge < -0.3 is 5.11 Å². The summed E-state index contributed by atoms with van der Waals surface area (Å²) < 4.78 is 12.9. The summed E-state index contributed by atoms with van der Waals surface area (Å²) in [5, 5.41) is 10.3. The summed E-state index contributed by atoms with van der Waals surface area (Å²) in [6, 6.07) is 1.39. The van der Waals surface area contributed by atoms with E-state index in [2.05, 4.69) is 4.98 Å². The highest BCUT2D eigenvalue weighted by Crippen LogP contribution is 2.36. The van der Waals surface area contributed by atoms with Crippen molar-refractivity contribution in [2.24, 2.45) is 0 Å². The number of halogens is 1. The van der Waals surface area contributed by atoms with E-state index in [1.54, 1.807) is 6.20 Å². The fraction of sp³-hybridized carbons (Fsp3) is 0.545. The third-order valence-corrected chi connectivity index (χ3v) is 2.92. The third kappa shape index (κ3) is 1.77. The monoisotopic (exact) mass is 195 g/mol. The lowest BCUT2D eigenvalue weighted by atomic mass is 9.80. The first kappa shape index (κ1) is 9.59. The Labute approximate surface area is 82.8 Å². The standard InChI is InChI=1S/C11H14FNO/c12-10-6-9(7-13-8-10)11(14)4-2-1-3-5-11/h6-8,14H,1-5H2. The van der Waals surface area contributed by atoms with Crippen LogP contribution in [0, 0.1) is 5.82 Å². The molecule has 1 saturated carbocycles. The van der Waals surface area contributed by atoms with Gasteiger partial charge in [-0.2, -0.15) is 0 Å². The average Bonchev–Trinajstić information content (AvgIpc) is 2.19. The molecule has 3 heteroatoms. The van der Waals surface area contributed by atoms with Crippen molar-refractivity contribution in [1.29, 1.82) is 0 Å². The van der Waals surface area contributed by atoms with Crippen molar-refractivity contribution in [3.8, 4) is 0 Å². The number of rotatable bonds is 1. The largest absolute Gasteiger partial charge is 0.385 e. The molecule has 0 atom stereocenters. The highest BCUT2D eigenvalue weighted by molar-refractivity contribution is 5.19. The molecule has 0 saturated heterocycles. The molecule has 2 nitrogen and oxygen atoms in total.